The fourth-order valence-electron chi connectivity index (χ4n) is 1.25. The van der Waals surface area contributed by atoms with E-state index >= 15 is 0 Å². The van der Waals surface area contributed by atoms with Crippen LogP contribution >= 0.6 is 11.8 Å². The predicted molar refractivity (Wildman–Crippen MR) is 60.6 cm³/mol. The van der Waals surface area contributed by atoms with Gasteiger partial charge >= 0.3 is 0 Å². The zero-order chi connectivity index (χ0) is 11.0. The van der Waals surface area contributed by atoms with Crippen molar-refractivity contribution in [1.82, 2.24) is 0 Å². The molecule has 0 amide bonds. The summed E-state index contributed by atoms with van der Waals surface area (Å²) in [6.45, 7) is 6.56. The molecule has 0 saturated heterocycles. The molecule has 0 aliphatic heterocycles. The van der Waals surface area contributed by atoms with Gasteiger partial charge in [0.1, 0.15) is 0 Å². The first-order valence-electron chi connectivity index (χ1n) is 5.02. The molecule has 3 atom stereocenters. The second kappa shape index (κ2) is 8.53. The number of aliphatic hydroxyl groups is 1. The van der Waals surface area contributed by atoms with E-state index in [0.717, 1.165) is 5.75 Å². The molecule has 0 aromatic heterocycles. The highest BCUT2D eigenvalue weighted by Gasteiger charge is 2.19. The van der Waals surface area contributed by atoms with E-state index in [0.29, 0.717) is 12.5 Å². The highest BCUT2D eigenvalue weighted by Crippen LogP contribution is 2.14. The fraction of sp³-hybridized carbons (Fsp3) is 1.00. The lowest BCUT2D eigenvalue weighted by atomic mass is 10.1. The molecule has 0 aliphatic rings. The largest absolute Gasteiger partial charge is 0.394 e. The highest BCUT2D eigenvalue weighted by molar-refractivity contribution is 7.98. The Morgan fingerprint density at radius 2 is 2.00 bits per heavy atom. The molecular formula is C10H22O3S. The van der Waals surface area contributed by atoms with E-state index in [4.69, 9.17) is 14.6 Å². The van der Waals surface area contributed by atoms with E-state index < -0.39 is 0 Å². The number of rotatable bonds is 8. The minimum Gasteiger partial charge on any atom is -0.394 e. The van der Waals surface area contributed by atoms with Gasteiger partial charge in [0.2, 0.25) is 0 Å². The summed E-state index contributed by atoms with van der Waals surface area (Å²) in [6.07, 6.45) is 1.70. The molecule has 0 heterocycles. The van der Waals surface area contributed by atoms with Crippen LogP contribution in [0, 0.1) is 5.92 Å². The Hall–Kier alpha value is 0.230. The molecule has 1 unspecified atom stereocenters. The van der Waals surface area contributed by atoms with Gasteiger partial charge in [0.05, 0.1) is 12.7 Å². The van der Waals surface area contributed by atoms with Gasteiger partial charge in [-0.15, -0.1) is 0 Å². The summed E-state index contributed by atoms with van der Waals surface area (Å²) in [4.78, 5) is 0. The average Bonchev–Trinajstić information content (AvgIpc) is 2.15. The van der Waals surface area contributed by atoms with E-state index in [1.807, 2.05) is 13.8 Å². The normalized spacial score (nSPS) is 17.8. The van der Waals surface area contributed by atoms with Crippen LogP contribution in [-0.2, 0) is 9.47 Å². The van der Waals surface area contributed by atoms with Crippen LogP contribution in [0.25, 0.3) is 0 Å². The maximum Gasteiger partial charge on any atom is 0.155 e. The quantitative estimate of drug-likeness (QED) is 0.635. The van der Waals surface area contributed by atoms with Crippen LogP contribution < -0.4 is 0 Å². The number of aliphatic hydroxyl groups excluding tert-OH is 1. The summed E-state index contributed by atoms with van der Waals surface area (Å²) in [5.74, 6) is 1.34. The van der Waals surface area contributed by atoms with Gasteiger partial charge in [0.15, 0.2) is 6.29 Å². The lowest BCUT2D eigenvalue weighted by Gasteiger charge is -2.25. The zero-order valence-corrected chi connectivity index (χ0v) is 10.3. The van der Waals surface area contributed by atoms with Gasteiger partial charge in [-0.1, -0.05) is 6.92 Å². The number of hydrogen-bond acceptors (Lipinski definition) is 4. The van der Waals surface area contributed by atoms with Crippen LogP contribution in [0.1, 0.15) is 20.8 Å². The first kappa shape index (κ1) is 14.2. The highest BCUT2D eigenvalue weighted by atomic mass is 32.2. The lowest BCUT2D eigenvalue weighted by molar-refractivity contribution is -0.175. The maximum atomic E-state index is 9.15. The first-order chi connectivity index (χ1) is 6.65. The molecule has 0 aliphatic carbocycles. The van der Waals surface area contributed by atoms with Gasteiger partial charge in [0.25, 0.3) is 0 Å². The third-order valence-electron chi connectivity index (χ3n) is 2.01. The Labute approximate surface area is 91.2 Å². The third kappa shape index (κ3) is 5.86. The van der Waals surface area contributed by atoms with Crippen molar-refractivity contribution in [2.45, 2.75) is 33.2 Å². The summed E-state index contributed by atoms with van der Waals surface area (Å²) < 4.78 is 10.8. The van der Waals surface area contributed by atoms with Gasteiger partial charge in [0, 0.05) is 6.61 Å². The van der Waals surface area contributed by atoms with E-state index in [2.05, 4.69) is 13.2 Å². The summed E-state index contributed by atoms with van der Waals surface area (Å²) in [5.41, 5.74) is 0. The van der Waals surface area contributed by atoms with Crippen LogP contribution in [0.3, 0.4) is 0 Å². The van der Waals surface area contributed by atoms with Crippen LogP contribution in [-0.4, -0.2) is 42.7 Å². The Morgan fingerprint density at radius 3 is 2.43 bits per heavy atom. The summed E-state index contributed by atoms with van der Waals surface area (Å²) in [7, 11) is 0. The number of thioether (sulfide) groups is 1. The molecule has 4 heteroatoms. The van der Waals surface area contributed by atoms with Crippen molar-refractivity contribution in [3.63, 3.8) is 0 Å². The smallest absolute Gasteiger partial charge is 0.155 e. The molecule has 0 radical (unpaired) electrons. The standard InChI is InChI=1S/C10H22O3S/c1-5-12-9(3)13-10(6-11)8(2)7-14-4/h8-11H,5-7H2,1-4H3/t8-,9?,10-/m0/s1. The molecule has 0 aromatic rings. The minimum atomic E-state index is -0.235. The Bertz CT molecular complexity index is 133. The minimum absolute atomic E-state index is 0.0547. The van der Waals surface area contributed by atoms with Gasteiger partial charge in [-0.05, 0) is 31.8 Å². The van der Waals surface area contributed by atoms with Crippen LogP contribution in [0.5, 0.6) is 0 Å². The molecule has 0 saturated carbocycles. The summed E-state index contributed by atoms with van der Waals surface area (Å²) in [5, 5.41) is 9.15. The molecule has 0 spiro atoms. The molecule has 0 bridgehead atoms. The zero-order valence-electron chi connectivity index (χ0n) is 9.53. The SMILES string of the molecule is CCOC(C)O[C@@H](CO)[C@@H](C)CSC. The Kier molecular flexibility index (Phi) is 8.67. The van der Waals surface area contributed by atoms with E-state index in [1.165, 1.54) is 0 Å². The van der Waals surface area contributed by atoms with Gasteiger partial charge < -0.3 is 14.6 Å². The monoisotopic (exact) mass is 222 g/mol. The topological polar surface area (TPSA) is 38.7 Å². The lowest BCUT2D eigenvalue weighted by Crippen LogP contribution is -2.32. The number of hydrogen-bond donors (Lipinski definition) is 1. The van der Waals surface area contributed by atoms with Gasteiger partial charge in [-0.3, -0.25) is 0 Å². The van der Waals surface area contributed by atoms with Crippen molar-refractivity contribution in [3.8, 4) is 0 Å². The van der Waals surface area contributed by atoms with Crippen LogP contribution in [0.4, 0.5) is 0 Å². The van der Waals surface area contributed by atoms with Crippen molar-refractivity contribution < 1.29 is 14.6 Å². The van der Waals surface area contributed by atoms with Crippen LogP contribution in [0.2, 0.25) is 0 Å². The molecule has 14 heavy (non-hydrogen) atoms. The van der Waals surface area contributed by atoms with Crippen molar-refractivity contribution in [3.05, 3.63) is 0 Å². The van der Waals surface area contributed by atoms with Gasteiger partial charge in [-0.25, -0.2) is 0 Å². The molecule has 0 aromatic carbocycles. The fourth-order valence-corrected chi connectivity index (χ4v) is 1.99. The van der Waals surface area contributed by atoms with E-state index in [1.54, 1.807) is 11.8 Å². The van der Waals surface area contributed by atoms with E-state index in [-0.39, 0.29) is 19.0 Å². The second-order valence-corrected chi connectivity index (χ2v) is 4.22. The third-order valence-corrected chi connectivity index (χ3v) is 2.87. The predicted octanol–water partition coefficient (Wildman–Crippen LogP) is 1.75. The number of ether oxygens (including phenoxy) is 2. The molecule has 86 valence electrons. The van der Waals surface area contributed by atoms with Crippen molar-refractivity contribution in [2.24, 2.45) is 5.92 Å². The molecule has 1 N–H and O–H groups in total. The maximum absolute atomic E-state index is 9.15. The second-order valence-electron chi connectivity index (χ2n) is 3.31. The molecule has 0 rings (SSSR count). The van der Waals surface area contributed by atoms with E-state index in [9.17, 15) is 0 Å². The van der Waals surface area contributed by atoms with Crippen molar-refractivity contribution in [2.75, 3.05) is 25.2 Å². The molecular weight excluding hydrogens is 200 g/mol. The Morgan fingerprint density at radius 1 is 1.36 bits per heavy atom. The Balaban J connectivity index is 3.87. The molecule has 0 fully saturated rings. The first-order valence-corrected chi connectivity index (χ1v) is 6.41. The molecule has 3 nitrogen and oxygen atoms in total. The van der Waals surface area contributed by atoms with Crippen molar-refractivity contribution in [1.29, 1.82) is 0 Å². The van der Waals surface area contributed by atoms with Crippen molar-refractivity contribution >= 4 is 11.8 Å². The van der Waals surface area contributed by atoms with Crippen LogP contribution in [0.15, 0.2) is 0 Å². The van der Waals surface area contributed by atoms with Gasteiger partial charge in [-0.2, -0.15) is 11.8 Å². The summed E-state index contributed by atoms with van der Waals surface area (Å²) in [6, 6.07) is 0. The average molecular weight is 222 g/mol. The summed E-state index contributed by atoms with van der Waals surface area (Å²) >= 11 is 1.76.